The third-order valence-corrected chi connectivity index (χ3v) is 6.52. The van der Waals surface area contributed by atoms with Gasteiger partial charge in [0.2, 0.25) is 0 Å². The summed E-state index contributed by atoms with van der Waals surface area (Å²) in [6, 6.07) is 0. The van der Waals surface area contributed by atoms with Gasteiger partial charge in [0.1, 0.15) is 0 Å². The molecule has 0 unspecified atom stereocenters. The fraction of sp³-hybridized carbons (Fsp3) is 1.00. The first kappa shape index (κ1) is 27.9. The van der Waals surface area contributed by atoms with Gasteiger partial charge in [-0.15, -0.1) is 0 Å². The molecule has 1 rings (SSSR count). The van der Waals surface area contributed by atoms with E-state index in [4.69, 9.17) is 0 Å². The minimum absolute atomic E-state index is 0.577. The number of hydrogen-bond acceptors (Lipinski definition) is 4. The summed E-state index contributed by atoms with van der Waals surface area (Å²) >= 11 is 0. The molecule has 1 fully saturated rings. The Labute approximate surface area is 190 Å². The topological polar surface area (TPSA) is 13.0 Å². The van der Waals surface area contributed by atoms with Crippen molar-refractivity contribution in [3.8, 4) is 0 Å². The van der Waals surface area contributed by atoms with Crippen molar-refractivity contribution < 1.29 is 0 Å². The summed E-state index contributed by atoms with van der Waals surface area (Å²) in [5, 5.41) is 11.0. The van der Waals surface area contributed by atoms with Gasteiger partial charge in [0.05, 0.1) is 6.17 Å². The molecular weight excluding hydrogens is 368 g/mol. The number of nitrogens with zero attached hydrogens (tertiary/aromatic N) is 4. The first-order valence-electron chi connectivity index (χ1n) is 13.8. The lowest BCUT2D eigenvalue weighted by Gasteiger charge is -2.35. The van der Waals surface area contributed by atoms with Crippen molar-refractivity contribution in [1.82, 2.24) is 20.3 Å². The molecule has 4 heteroatoms. The van der Waals surface area contributed by atoms with Crippen molar-refractivity contribution in [2.24, 2.45) is 0 Å². The standard InChI is InChI=1S/C26H56N4/c1-6-11-16-21-26-27(22-17-12-7-2)29(24-19-14-9-4)30(25-20-15-10-5)28(26)23-18-13-8-3/h26H,6-25H2,1-5H3. The highest BCUT2D eigenvalue weighted by atomic mass is 16.1. The Morgan fingerprint density at radius 2 is 0.733 bits per heavy atom. The van der Waals surface area contributed by atoms with Gasteiger partial charge in [-0.1, -0.05) is 105 Å². The quantitative estimate of drug-likeness (QED) is 0.186. The Bertz CT molecular complexity index is 285. The van der Waals surface area contributed by atoms with Gasteiger partial charge in [0.15, 0.2) is 0 Å². The van der Waals surface area contributed by atoms with Crippen molar-refractivity contribution in [2.45, 2.75) is 144 Å². The summed E-state index contributed by atoms with van der Waals surface area (Å²) in [5.74, 6) is 0. The molecule has 0 amide bonds. The van der Waals surface area contributed by atoms with E-state index in [-0.39, 0.29) is 0 Å². The summed E-state index contributed by atoms with van der Waals surface area (Å²) in [6.45, 7) is 16.5. The highest BCUT2D eigenvalue weighted by Crippen LogP contribution is 2.30. The number of hydrogen-bond donors (Lipinski definition) is 0. The molecule has 0 N–H and O–H groups in total. The van der Waals surface area contributed by atoms with E-state index in [9.17, 15) is 0 Å². The fourth-order valence-electron chi connectivity index (χ4n) is 4.67. The molecule has 180 valence electrons. The monoisotopic (exact) mass is 424 g/mol. The Hall–Kier alpha value is -0.160. The minimum Gasteiger partial charge on any atom is -0.208 e. The first-order chi connectivity index (χ1) is 14.7. The van der Waals surface area contributed by atoms with Gasteiger partial charge in [0, 0.05) is 26.2 Å². The SMILES string of the molecule is CCCCCC1N(CCCCC)N(CCCCC)N(CCCCC)N1CCCCC. The van der Waals surface area contributed by atoms with Gasteiger partial charge in [0.25, 0.3) is 0 Å². The molecule has 1 aliphatic heterocycles. The van der Waals surface area contributed by atoms with E-state index in [1.807, 2.05) is 0 Å². The van der Waals surface area contributed by atoms with E-state index in [2.05, 4.69) is 54.9 Å². The summed E-state index contributed by atoms with van der Waals surface area (Å²) < 4.78 is 0. The second-order valence-electron chi connectivity index (χ2n) is 9.32. The predicted molar refractivity (Wildman–Crippen MR) is 133 cm³/mol. The maximum absolute atomic E-state index is 2.79. The molecule has 0 spiro atoms. The van der Waals surface area contributed by atoms with Crippen LogP contribution in [0.1, 0.15) is 137 Å². The maximum Gasteiger partial charge on any atom is 0.0920 e. The van der Waals surface area contributed by atoms with Gasteiger partial charge in [-0.3, -0.25) is 0 Å². The van der Waals surface area contributed by atoms with E-state index in [1.54, 1.807) is 0 Å². The smallest absolute Gasteiger partial charge is 0.0920 e. The van der Waals surface area contributed by atoms with E-state index in [0.717, 1.165) is 0 Å². The van der Waals surface area contributed by atoms with Crippen LogP contribution in [0.25, 0.3) is 0 Å². The van der Waals surface area contributed by atoms with Crippen LogP contribution < -0.4 is 0 Å². The summed E-state index contributed by atoms with van der Waals surface area (Å²) in [4.78, 5) is 0. The Morgan fingerprint density at radius 1 is 0.400 bits per heavy atom. The van der Waals surface area contributed by atoms with Gasteiger partial charge < -0.3 is 0 Å². The van der Waals surface area contributed by atoms with Crippen molar-refractivity contribution in [3.05, 3.63) is 0 Å². The van der Waals surface area contributed by atoms with Crippen molar-refractivity contribution in [1.29, 1.82) is 0 Å². The zero-order valence-corrected chi connectivity index (χ0v) is 21.5. The van der Waals surface area contributed by atoms with E-state index in [0.29, 0.717) is 6.17 Å². The minimum atomic E-state index is 0.577. The maximum atomic E-state index is 2.79. The molecule has 1 saturated heterocycles. The Morgan fingerprint density at radius 3 is 1.10 bits per heavy atom. The lowest BCUT2D eigenvalue weighted by atomic mass is 10.1. The molecule has 0 saturated carbocycles. The second-order valence-corrected chi connectivity index (χ2v) is 9.32. The summed E-state index contributed by atoms with van der Waals surface area (Å²) in [5.41, 5.74) is 0. The molecule has 0 aromatic carbocycles. The molecular formula is C26H56N4. The van der Waals surface area contributed by atoms with Gasteiger partial charge >= 0.3 is 0 Å². The molecule has 0 bridgehead atoms. The van der Waals surface area contributed by atoms with Crippen molar-refractivity contribution in [2.75, 3.05) is 26.2 Å². The highest BCUT2D eigenvalue weighted by molar-refractivity contribution is 4.78. The van der Waals surface area contributed by atoms with Crippen molar-refractivity contribution in [3.63, 3.8) is 0 Å². The van der Waals surface area contributed by atoms with Gasteiger partial charge in [-0.25, -0.2) is 10.0 Å². The normalized spacial score (nSPS) is 17.5. The highest BCUT2D eigenvalue weighted by Gasteiger charge is 2.42. The van der Waals surface area contributed by atoms with E-state index in [1.165, 1.54) is 129 Å². The van der Waals surface area contributed by atoms with E-state index < -0.39 is 0 Å². The molecule has 0 radical (unpaired) electrons. The second kappa shape index (κ2) is 18.4. The zero-order chi connectivity index (χ0) is 22.0. The van der Waals surface area contributed by atoms with Crippen LogP contribution in [0.3, 0.4) is 0 Å². The van der Waals surface area contributed by atoms with Crippen molar-refractivity contribution >= 4 is 0 Å². The lowest BCUT2D eigenvalue weighted by molar-refractivity contribution is -0.180. The van der Waals surface area contributed by atoms with Crippen LogP contribution in [0.5, 0.6) is 0 Å². The number of rotatable bonds is 20. The zero-order valence-electron chi connectivity index (χ0n) is 21.5. The third-order valence-electron chi connectivity index (χ3n) is 6.52. The largest absolute Gasteiger partial charge is 0.208 e. The van der Waals surface area contributed by atoms with Gasteiger partial charge in [-0.2, -0.15) is 10.2 Å². The molecule has 0 aromatic rings. The van der Waals surface area contributed by atoms with Crippen LogP contribution in [0.4, 0.5) is 0 Å². The predicted octanol–water partition coefficient (Wildman–Crippen LogP) is 7.62. The summed E-state index contributed by atoms with van der Waals surface area (Å²) in [6.07, 6.45) is 21.9. The molecule has 4 nitrogen and oxygen atoms in total. The van der Waals surface area contributed by atoms with Crippen LogP contribution in [0.2, 0.25) is 0 Å². The fourth-order valence-corrected chi connectivity index (χ4v) is 4.67. The van der Waals surface area contributed by atoms with E-state index >= 15 is 0 Å². The molecule has 0 aliphatic carbocycles. The first-order valence-corrected chi connectivity index (χ1v) is 13.8. The molecule has 30 heavy (non-hydrogen) atoms. The molecule has 0 aromatic heterocycles. The van der Waals surface area contributed by atoms with Crippen LogP contribution in [-0.2, 0) is 0 Å². The van der Waals surface area contributed by atoms with Crippen LogP contribution in [0.15, 0.2) is 0 Å². The molecule has 0 atom stereocenters. The number of hydrazine groups is 3. The molecule has 1 aliphatic rings. The van der Waals surface area contributed by atoms with Crippen LogP contribution >= 0.6 is 0 Å². The van der Waals surface area contributed by atoms with Crippen LogP contribution in [0, 0.1) is 0 Å². The Balaban J connectivity index is 3.03. The molecule has 1 heterocycles. The number of unbranched alkanes of at least 4 members (excludes halogenated alkanes) is 10. The Kier molecular flexibility index (Phi) is 17.1. The average molecular weight is 425 g/mol. The van der Waals surface area contributed by atoms with Gasteiger partial charge in [-0.05, 0) is 32.1 Å². The average Bonchev–Trinajstić information content (AvgIpc) is 3.01. The third kappa shape index (κ3) is 9.97. The van der Waals surface area contributed by atoms with Crippen LogP contribution in [-0.4, -0.2) is 52.6 Å². The summed E-state index contributed by atoms with van der Waals surface area (Å²) in [7, 11) is 0. The lowest BCUT2D eigenvalue weighted by Crippen LogP contribution is -2.48.